The number of hydrogen-bond acceptors (Lipinski definition) is 3. The number of primary amides is 1. The van der Waals surface area contributed by atoms with E-state index in [1.165, 1.54) is 0 Å². The van der Waals surface area contributed by atoms with Crippen molar-refractivity contribution in [2.24, 2.45) is 5.73 Å². The highest BCUT2D eigenvalue weighted by Crippen LogP contribution is 2.25. The molecule has 0 saturated heterocycles. The quantitative estimate of drug-likeness (QED) is 0.845. The second-order valence-corrected chi connectivity index (χ2v) is 5.54. The van der Waals surface area contributed by atoms with Crippen molar-refractivity contribution in [2.75, 3.05) is 17.7 Å². The Labute approximate surface area is 126 Å². The monoisotopic (exact) mass is 333 g/mol. The lowest BCUT2D eigenvalue weighted by atomic mass is 10.1. The molecular weight excluding hydrogens is 318 g/mol. The van der Waals surface area contributed by atoms with Crippen molar-refractivity contribution in [3.63, 3.8) is 0 Å². The van der Waals surface area contributed by atoms with Gasteiger partial charge in [-0.05, 0) is 35.9 Å². The molecule has 104 valence electrons. The van der Waals surface area contributed by atoms with E-state index >= 15 is 0 Å². The second kappa shape index (κ2) is 5.96. The number of nitrogens with two attached hydrogens (primary N) is 2. The first-order valence-corrected chi connectivity index (χ1v) is 6.91. The molecule has 0 saturated carbocycles. The molecule has 4 N–H and O–H groups in total. The number of rotatable bonds is 4. The first kappa shape index (κ1) is 14.4. The minimum absolute atomic E-state index is 0.454. The molecule has 0 unspecified atom stereocenters. The van der Waals surface area contributed by atoms with E-state index in [0.29, 0.717) is 17.8 Å². The molecule has 0 radical (unpaired) electrons. The maximum absolute atomic E-state index is 11.2. The minimum Gasteiger partial charge on any atom is -0.397 e. The summed E-state index contributed by atoms with van der Waals surface area (Å²) in [6.07, 6.45) is 0. The number of benzene rings is 2. The average Bonchev–Trinajstić information content (AvgIpc) is 2.38. The highest BCUT2D eigenvalue weighted by atomic mass is 79.9. The summed E-state index contributed by atoms with van der Waals surface area (Å²) >= 11 is 3.45. The van der Waals surface area contributed by atoms with E-state index in [1.54, 1.807) is 18.2 Å². The number of carbonyl (C=O) groups is 1. The number of nitrogens with zero attached hydrogens (tertiary/aromatic N) is 1. The Morgan fingerprint density at radius 2 is 2.00 bits per heavy atom. The van der Waals surface area contributed by atoms with Crippen molar-refractivity contribution in [2.45, 2.75) is 6.54 Å². The minimum atomic E-state index is -0.456. The van der Waals surface area contributed by atoms with E-state index in [2.05, 4.69) is 15.9 Å². The standard InChI is InChI=1S/C15H16BrN3O/c1-19(9-10-3-2-4-12(16)7-10)14-8-11(15(18)20)5-6-13(14)17/h2-8H,9,17H2,1H3,(H2,18,20). The van der Waals surface area contributed by atoms with E-state index in [4.69, 9.17) is 11.5 Å². The fourth-order valence-electron chi connectivity index (χ4n) is 2.02. The molecule has 2 rings (SSSR count). The van der Waals surface area contributed by atoms with Crippen molar-refractivity contribution in [3.05, 3.63) is 58.1 Å². The summed E-state index contributed by atoms with van der Waals surface area (Å²) in [4.78, 5) is 13.2. The first-order valence-electron chi connectivity index (χ1n) is 6.12. The summed E-state index contributed by atoms with van der Waals surface area (Å²) in [7, 11) is 1.93. The maximum Gasteiger partial charge on any atom is 0.248 e. The predicted octanol–water partition coefficient (Wildman–Crippen LogP) is 2.77. The van der Waals surface area contributed by atoms with Crippen LogP contribution >= 0.6 is 15.9 Å². The summed E-state index contributed by atoms with van der Waals surface area (Å²) in [5.41, 5.74) is 14.3. The number of halogens is 1. The van der Waals surface area contributed by atoms with Gasteiger partial charge in [0, 0.05) is 23.6 Å². The van der Waals surface area contributed by atoms with Gasteiger partial charge in [0.2, 0.25) is 5.91 Å². The van der Waals surface area contributed by atoms with Crippen LogP contribution in [-0.4, -0.2) is 13.0 Å². The molecule has 0 aliphatic carbocycles. The summed E-state index contributed by atoms with van der Waals surface area (Å²) in [6.45, 7) is 0.686. The zero-order valence-electron chi connectivity index (χ0n) is 11.1. The smallest absolute Gasteiger partial charge is 0.248 e. The van der Waals surface area contributed by atoms with Gasteiger partial charge >= 0.3 is 0 Å². The van der Waals surface area contributed by atoms with Gasteiger partial charge in [0.25, 0.3) is 0 Å². The first-order chi connectivity index (χ1) is 9.47. The lowest BCUT2D eigenvalue weighted by Gasteiger charge is -2.22. The Kier molecular flexibility index (Phi) is 4.29. The summed E-state index contributed by atoms with van der Waals surface area (Å²) in [5, 5.41) is 0. The van der Waals surface area contributed by atoms with Crippen molar-refractivity contribution >= 4 is 33.2 Å². The van der Waals surface area contributed by atoms with E-state index in [1.807, 2.05) is 36.2 Å². The fraction of sp³-hybridized carbons (Fsp3) is 0.133. The van der Waals surface area contributed by atoms with Crippen LogP contribution in [0.15, 0.2) is 46.9 Å². The van der Waals surface area contributed by atoms with Crippen molar-refractivity contribution in [3.8, 4) is 0 Å². The van der Waals surface area contributed by atoms with Crippen LogP contribution in [0.25, 0.3) is 0 Å². The highest BCUT2D eigenvalue weighted by molar-refractivity contribution is 9.10. The third-order valence-corrected chi connectivity index (χ3v) is 3.53. The van der Waals surface area contributed by atoms with Crippen LogP contribution in [0.3, 0.4) is 0 Å². The zero-order chi connectivity index (χ0) is 14.7. The van der Waals surface area contributed by atoms with Crippen LogP contribution in [0.2, 0.25) is 0 Å². The van der Waals surface area contributed by atoms with Crippen molar-refractivity contribution < 1.29 is 4.79 Å². The van der Waals surface area contributed by atoms with Gasteiger partial charge in [0.1, 0.15) is 0 Å². The molecule has 0 atom stereocenters. The largest absolute Gasteiger partial charge is 0.397 e. The number of anilines is 2. The molecule has 2 aromatic rings. The van der Waals surface area contributed by atoms with Crippen molar-refractivity contribution in [1.29, 1.82) is 0 Å². The number of hydrogen-bond donors (Lipinski definition) is 2. The molecule has 20 heavy (non-hydrogen) atoms. The van der Waals surface area contributed by atoms with Crippen LogP contribution in [-0.2, 0) is 6.54 Å². The number of amides is 1. The van der Waals surface area contributed by atoms with Gasteiger partial charge in [-0.2, -0.15) is 0 Å². The van der Waals surface area contributed by atoms with Gasteiger partial charge < -0.3 is 16.4 Å². The van der Waals surface area contributed by atoms with Crippen LogP contribution in [0.4, 0.5) is 11.4 Å². The zero-order valence-corrected chi connectivity index (χ0v) is 12.7. The predicted molar refractivity (Wildman–Crippen MR) is 85.6 cm³/mol. The van der Waals surface area contributed by atoms with E-state index in [9.17, 15) is 4.79 Å². The van der Waals surface area contributed by atoms with Gasteiger partial charge in [-0.1, -0.05) is 28.1 Å². The van der Waals surface area contributed by atoms with Crippen LogP contribution in [0.5, 0.6) is 0 Å². The molecular formula is C15H16BrN3O. The Balaban J connectivity index is 2.26. The SMILES string of the molecule is CN(Cc1cccc(Br)c1)c1cc(C(N)=O)ccc1N. The van der Waals surface area contributed by atoms with E-state index in [0.717, 1.165) is 15.7 Å². The molecule has 0 aromatic heterocycles. The molecule has 1 amide bonds. The third kappa shape index (κ3) is 3.30. The van der Waals surface area contributed by atoms with Crippen LogP contribution in [0, 0.1) is 0 Å². The third-order valence-electron chi connectivity index (χ3n) is 3.03. The molecule has 0 aliphatic heterocycles. The van der Waals surface area contributed by atoms with Crippen LogP contribution in [0.1, 0.15) is 15.9 Å². The molecule has 2 aromatic carbocycles. The number of nitrogen functional groups attached to an aromatic ring is 1. The molecule has 0 aliphatic rings. The lowest BCUT2D eigenvalue weighted by molar-refractivity contribution is 0.100. The Morgan fingerprint density at radius 3 is 2.65 bits per heavy atom. The van der Waals surface area contributed by atoms with Crippen molar-refractivity contribution in [1.82, 2.24) is 0 Å². The van der Waals surface area contributed by atoms with Gasteiger partial charge in [-0.25, -0.2) is 0 Å². The number of carbonyl (C=O) groups excluding carboxylic acids is 1. The molecule has 0 bridgehead atoms. The van der Waals surface area contributed by atoms with E-state index < -0.39 is 5.91 Å². The second-order valence-electron chi connectivity index (χ2n) is 4.62. The topological polar surface area (TPSA) is 72.3 Å². The lowest BCUT2D eigenvalue weighted by Crippen LogP contribution is -2.19. The summed E-state index contributed by atoms with van der Waals surface area (Å²) in [5.74, 6) is -0.456. The summed E-state index contributed by atoms with van der Waals surface area (Å²) < 4.78 is 1.03. The van der Waals surface area contributed by atoms with Gasteiger partial charge in [0.05, 0.1) is 11.4 Å². The average molecular weight is 334 g/mol. The normalized spacial score (nSPS) is 10.3. The molecule has 0 fully saturated rings. The summed E-state index contributed by atoms with van der Waals surface area (Å²) in [6, 6.07) is 13.1. The van der Waals surface area contributed by atoms with Crippen LogP contribution < -0.4 is 16.4 Å². The van der Waals surface area contributed by atoms with Gasteiger partial charge in [0.15, 0.2) is 0 Å². The van der Waals surface area contributed by atoms with E-state index in [-0.39, 0.29) is 0 Å². The Bertz CT molecular complexity index is 643. The molecule has 0 heterocycles. The molecule has 5 heteroatoms. The Morgan fingerprint density at radius 1 is 1.25 bits per heavy atom. The Hall–Kier alpha value is -2.01. The highest BCUT2D eigenvalue weighted by Gasteiger charge is 2.10. The molecule has 4 nitrogen and oxygen atoms in total. The fourth-order valence-corrected chi connectivity index (χ4v) is 2.47. The van der Waals surface area contributed by atoms with Gasteiger partial charge in [-0.15, -0.1) is 0 Å². The van der Waals surface area contributed by atoms with Gasteiger partial charge in [-0.3, -0.25) is 4.79 Å². The molecule has 0 spiro atoms. The maximum atomic E-state index is 11.2.